The summed E-state index contributed by atoms with van der Waals surface area (Å²) < 4.78 is 0. The second kappa shape index (κ2) is 8.60. The zero-order valence-electron chi connectivity index (χ0n) is 12.9. The SMILES string of the molecule is C#CC(CC)(CC)NC(=O)CN(CC)C(C)CC(=O)O. The Hall–Kier alpha value is -1.54. The van der Waals surface area contributed by atoms with E-state index in [1.807, 2.05) is 25.7 Å². The van der Waals surface area contributed by atoms with E-state index in [0.717, 1.165) is 0 Å². The number of hydrogen-bond acceptors (Lipinski definition) is 3. The van der Waals surface area contributed by atoms with Gasteiger partial charge in [0.05, 0.1) is 13.0 Å². The van der Waals surface area contributed by atoms with Gasteiger partial charge in [-0.05, 0) is 26.3 Å². The van der Waals surface area contributed by atoms with Gasteiger partial charge in [0, 0.05) is 6.04 Å². The Kier molecular flexibility index (Phi) is 7.93. The molecule has 1 unspecified atom stereocenters. The zero-order valence-corrected chi connectivity index (χ0v) is 12.9. The van der Waals surface area contributed by atoms with Crippen LogP contribution in [0, 0.1) is 12.3 Å². The van der Waals surface area contributed by atoms with E-state index < -0.39 is 11.5 Å². The van der Waals surface area contributed by atoms with Gasteiger partial charge in [-0.3, -0.25) is 14.5 Å². The Morgan fingerprint density at radius 3 is 2.25 bits per heavy atom. The Morgan fingerprint density at radius 2 is 1.90 bits per heavy atom. The molecule has 0 spiro atoms. The Balaban J connectivity index is 4.64. The van der Waals surface area contributed by atoms with Crippen molar-refractivity contribution < 1.29 is 14.7 Å². The van der Waals surface area contributed by atoms with Crippen LogP contribution in [0.25, 0.3) is 0 Å². The van der Waals surface area contributed by atoms with Gasteiger partial charge in [0.15, 0.2) is 0 Å². The fraction of sp³-hybridized carbons (Fsp3) is 0.733. The van der Waals surface area contributed by atoms with Crippen LogP contribution >= 0.6 is 0 Å². The van der Waals surface area contributed by atoms with Gasteiger partial charge in [-0.25, -0.2) is 0 Å². The molecule has 1 amide bonds. The minimum absolute atomic E-state index is 0.0168. The molecule has 1 atom stereocenters. The molecule has 0 rings (SSSR count). The summed E-state index contributed by atoms with van der Waals surface area (Å²) in [6.45, 7) is 8.36. The second-order valence-corrected chi connectivity index (χ2v) is 4.99. The highest BCUT2D eigenvalue weighted by Gasteiger charge is 2.27. The van der Waals surface area contributed by atoms with Crippen LogP contribution < -0.4 is 5.32 Å². The standard InChI is InChI=1S/C15H26N2O3/c1-6-15(7-2,8-3)16-13(18)11-17(9-4)12(5)10-14(19)20/h1,12H,7-11H2,2-5H3,(H,16,18)(H,19,20). The number of likely N-dealkylation sites (N-methyl/N-ethyl adjacent to an activating group) is 1. The molecule has 0 aromatic heterocycles. The Morgan fingerprint density at radius 1 is 1.35 bits per heavy atom. The molecule has 20 heavy (non-hydrogen) atoms. The molecular weight excluding hydrogens is 256 g/mol. The van der Waals surface area contributed by atoms with Crippen molar-refractivity contribution in [3.63, 3.8) is 0 Å². The zero-order chi connectivity index (χ0) is 15.8. The van der Waals surface area contributed by atoms with Gasteiger partial charge in [-0.2, -0.15) is 0 Å². The number of nitrogens with zero attached hydrogens (tertiary/aromatic N) is 1. The fourth-order valence-electron chi connectivity index (χ4n) is 2.12. The van der Waals surface area contributed by atoms with E-state index >= 15 is 0 Å². The highest BCUT2D eigenvalue weighted by atomic mass is 16.4. The maximum atomic E-state index is 12.1. The highest BCUT2D eigenvalue weighted by Crippen LogP contribution is 2.13. The summed E-state index contributed by atoms with van der Waals surface area (Å²) in [5.74, 6) is 1.63. The topological polar surface area (TPSA) is 69.6 Å². The first kappa shape index (κ1) is 18.5. The Bertz CT molecular complexity index is 370. The van der Waals surface area contributed by atoms with E-state index in [1.165, 1.54) is 0 Å². The number of hydrogen-bond donors (Lipinski definition) is 2. The minimum atomic E-state index is -0.864. The first-order valence-electron chi connectivity index (χ1n) is 7.08. The predicted octanol–water partition coefficient (Wildman–Crippen LogP) is 1.48. The molecule has 0 aliphatic rings. The number of carbonyl (C=O) groups is 2. The van der Waals surface area contributed by atoms with E-state index in [2.05, 4.69) is 11.2 Å². The summed E-state index contributed by atoms with van der Waals surface area (Å²) >= 11 is 0. The number of rotatable bonds is 9. The molecule has 0 aromatic rings. The molecule has 114 valence electrons. The molecule has 0 bridgehead atoms. The number of carboxylic acid groups (broad SMARTS) is 1. The summed E-state index contributed by atoms with van der Waals surface area (Å²) in [5, 5.41) is 11.7. The molecule has 0 heterocycles. The van der Waals surface area contributed by atoms with Crippen LogP contribution in [0.15, 0.2) is 0 Å². The number of amides is 1. The number of nitrogens with one attached hydrogen (secondary N) is 1. The number of carboxylic acids is 1. The average molecular weight is 282 g/mol. The second-order valence-electron chi connectivity index (χ2n) is 4.99. The van der Waals surface area contributed by atoms with Crippen molar-refractivity contribution in [1.82, 2.24) is 10.2 Å². The van der Waals surface area contributed by atoms with Crippen LogP contribution in [0.1, 0.15) is 47.0 Å². The molecule has 2 N–H and O–H groups in total. The summed E-state index contributed by atoms with van der Waals surface area (Å²) in [7, 11) is 0. The quantitative estimate of drug-likeness (QED) is 0.629. The van der Waals surface area contributed by atoms with Crippen LogP contribution in [0.4, 0.5) is 0 Å². The lowest BCUT2D eigenvalue weighted by atomic mass is 9.94. The number of terminal acetylenes is 1. The van der Waals surface area contributed by atoms with Gasteiger partial charge in [-0.15, -0.1) is 6.42 Å². The number of carbonyl (C=O) groups excluding carboxylic acids is 1. The van der Waals surface area contributed by atoms with E-state index in [0.29, 0.717) is 19.4 Å². The van der Waals surface area contributed by atoms with Crippen molar-refractivity contribution >= 4 is 11.9 Å². The summed E-state index contributed by atoms with van der Waals surface area (Å²) in [6, 6.07) is -0.188. The summed E-state index contributed by atoms with van der Waals surface area (Å²) in [4.78, 5) is 24.7. The van der Waals surface area contributed by atoms with Crippen molar-refractivity contribution in [2.24, 2.45) is 0 Å². The molecule has 5 nitrogen and oxygen atoms in total. The molecule has 0 aliphatic heterocycles. The smallest absolute Gasteiger partial charge is 0.304 e. The van der Waals surface area contributed by atoms with Crippen LogP contribution in [0.3, 0.4) is 0 Å². The van der Waals surface area contributed by atoms with Gasteiger partial charge in [0.25, 0.3) is 0 Å². The molecule has 0 saturated carbocycles. The molecule has 0 fully saturated rings. The van der Waals surface area contributed by atoms with Crippen molar-refractivity contribution in [2.45, 2.75) is 58.5 Å². The van der Waals surface area contributed by atoms with Crippen LogP contribution in [0.5, 0.6) is 0 Å². The maximum absolute atomic E-state index is 12.1. The predicted molar refractivity (Wildman–Crippen MR) is 79.3 cm³/mol. The maximum Gasteiger partial charge on any atom is 0.304 e. The monoisotopic (exact) mass is 282 g/mol. The van der Waals surface area contributed by atoms with Crippen molar-refractivity contribution in [3.8, 4) is 12.3 Å². The lowest BCUT2D eigenvalue weighted by Crippen LogP contribution is -2.51. The third-order valence-corrected chi connectivity index (χ3v) is 3.71. The lowest BCUT2D eigenvalue weighted by molar-refractivity contribution is -0.139. The van der Waals surface area contributed by atoms with Gasteiger partial charge in [-0.1, -0.05) is 26.7 Å². The van der Waals surface area contributed by atoms with E-state index in [-0.39, 0.29) is 24.9 Å². The normalized spacial score (nSPS) is 12.8. The van der Waals surface area contributed by atoms with Gasteiger partial charge in [0.2, 0.25) is 5.91 Å². The molecule has 0 saturated heterocycles. The first-order chi connectivity index (χ1) is 9.33. The summed E-state index contributed by atoms with van der Waals surface area (Å²) in [5.41, 5.74) is -0.605. The third kappa shape index (κ3) is 5.62. The molecular formula is C15H26N2O3. The van der Waals surface area contributed by atoms with Crippen LogP contribution in [-0.2, 0) is 9.59 Å². The minimum Gasteiger partial charge on any atom is -0.481 e. The third-order valence-electron chi connectivity index (χ3n) is 3.71. The molecule has 0 radical (unpaired) electrons. The largest absolute Gasteiger partial charge is 0.481 e. The van der Waals surface area contributed by atoms with Gasteiger partial charge in [0.1, 0.15) is 5.54 Å². The van der Waals surface area contributed by atoms with Crippen LogP contribution in [0.2, 0.25) is 0 Å². The fourth-order valence-corrected chi connectivity index (χ4v) is 2.12. The van der Waals surface area contributed by atoms with Gasteiger partial charge >= 0.3 is 5.97 Å². The van der Waals surface area contributed by atoms with Crippen molar-refractivity contribution in [1.29, 1.82) is 0 Å². The first-order valence-corrected chi connectivity index (χ1v) is 7.08. The highest BCUT2D eigenvalue weighted by molar-refractivity contribution is 5.79. The summed E-state index contributed by atoms with van der Waals surface area (Å²) in [6.07, 6.45) is 6.87. The van der Waals surface area contributed by atoms with Gasteiger partial charge < -0.3 is 10.4 Å². The molecule has 0 aliphatic carbocycles. The Labute approximate surface area is 121 Å². The van der Waals surface area contributed by atoms with Crippen molar-refractivity contribution in [3.05, 3.63) is 0 Å². The van der Waals surface area contributed by atoms with E-state index in [1.54, 1.807) is 6.92 Å². The molecule has 5 heteroatoms. The number of aliphatic carboxylic acids is 1. The lowest BCUT2D eigenvalue weighted by Gasteiger charge is -2.30. The van der Waals surface area contributed by atoms with Crippen LogP contribution in [-0.4, -0.2) is 46.6 Å². The van der Waals surface area contributed by atoms with E-state index in [9.17, 15) is 9.59 Å². The molecule has 0 aromatic carbocycles. The van der Waals surface area contributed by atoms with E-state index in [4.69, 9.17) is 11.5 Å². The van der Waals surface area contributed by atoms with Crippen molar-refractivity contribution in [2.75, 3.05) is 13.1 Å². The average Bonchev–Trinajstić information content (AvgIpc) is 2.41.